The summed E-state index contributed by atoms with van der Waals surface area (Å²) in [7, 11) is -3.65. The van der Waals surface area contributed by atoms with E-state index in [0.717, 1.165) is 24.5 Å². The van der Waals surface area contributed by atoms with Gasteiger partial charge in [0.1, 0.15) is 5.75 Å². The maximum atomic E-state index is 11.4. The van der Waals surface area contributed by atoms with Gasteiger partial charge in [-0.25, -0.2) is 13.6 Å². The van der Waals surface area contributed by atoms with Gasteiger partial charge in [0.15, 0.2) is 0 Å². The highest BCUT2D eigenvalue weighted by molar-refractivity contribution is 7.89. The summed E-state index contributed by atoms with van der Waals surface area (Å²) in [5.41, 5.74) is 0.632. The zero-order valence-corrected chi connectivity index (χ0v) is 12.9. The first-order valence-electron chi connectivity index (χ1n) is 7.20. The Morgan fingerprint density at radius 3 is 2.70 bits per heavy atom. The fourth-order valence-corrected chi connectivity index (χ4v) is 3.69. The molecule has 1 aromatic rings. The van der Waals surface area contributed by atoms with Crippen molar-refractivity contribution in [3.63, 3.8) is 0 Å². The van der Waals surface area contributed by atoms with Gasteiger partial charge >= 0.3 is 0 Å². The second-order valence-electron chi connectivity index (χ2n) is 5.65. The van der Waals surface area contributed by atoms with E-state index in [2.05, 4.69) is 6.92 Å². The zero-order valence-electron chi connectivity index (χ0n) is 12.1. The fraction of sp³-hybridized carbons (Fsp3) is 0.600. The molecule has 2 N–H and O–H groups in total. The van der Waals surface area contributed by atoms with Crippen LogP contribution in [0.4, 0.5) is 0 Å². The maximum Gasteiger partial charge on any atom is 0.238 e. The van der Waals surface area contributed by atoms with Crippen molar-refractivity contribution in [3.05, 3.63) is 23.8 Å². The molecule has 5 heteroatoms. The predicted molar refractivity (Wildman–Crippen MR) is 79.2 cm³/mol. The van der Waals surface area contributed by atoms with Gasteiger partial charge in [-0.05, 0) is 55.9 Å². The number of hydrogen-bond acceptors (Lipinski definition) is 3. The quantitative estimate of drug-likeness (QED) is 0.928. The highest BCUT2D eigenvalue weighted by atomic mass is 32.2. The summed E-state index contributed by atoms with van der Waals surface area (Å²) in [6.07, 6.45) is 6.10. The van der Waals surface area contributed by atoms with Gasteiger partial charge in [-0.3, -0.25) is 0 Å². The Kier molecular flexibility index (Phi) is 4.70. The number of aryl methyl sites for hydroxylation is 1. The van der Waals surface area contributed by atoms with Crippen LogP contribution in [0.2, 0.25) is 0 Å². The van der Waals surface area contributed by atoms with Gasteiger partial charge in [0, 0.05) is 0 Å². The van der Waals surface area contributed by atoms with Crippen LogP contribution in [-0.4, -0.2) is 14.5 Å². The topological polar surface area (TPSA) is 69.4 Å². The second kappa shape index (κ2) is 6.14. The molecule has 1 aliphatic rings. The fourth-order valence-electron chi connectivity index (χ4n) is 2.93. The number of sulfonamides is 1. The highest BCUT2D eigenvalue weighted by Crippen LogP contribution is 2.30. The number of nitrogens with two attached hydrogens (primary N) is 1. The van der Waals surface area contributed by atoms with Crippen LogP contribution in [0.25, 0.3) is 0 Å². The van der Waals surface area contributed by atoms with Crippen LogP contribution in [0, 0.1) is 12.8 Å². The van der Waals surface area contributed by atoms with E-state index in [1.807, 2.05) is 0 Å². The monoisotopic (exact) mass is 297 g/mol. The first kappa shape index (κ1) is 15.3. The average molecular weight is 297 g/mol. The summed E-state index contributed by atoms with van der Waals surface area (Å²) in [4.78, 5) is 0.167. The lowest BCUT2D eigenvalue weighted by molar-refractivity contribution is 0.122. The smallest absolute Gasteiger partial charge is 0.238 e. The molecular weight excluding hydrogens is 274 g/mol. The molecule has 0 amide bonds. The van der Waals surface area contributed by atoms with Crippen LogP contribution in [0.3, 0.4) is 0 Å². The molecule has 1 aliphatic carbocycles. The van der Waals surface area contributed by atoms with Crippen molar-refractivity contribution in [1.82, 2.24) is 0 Å². The number of ether oxygens (including phenoxy) is 1. The van der Waals surface area contributed by atoms with E-state index >= 15 is 0 Å². The van der Waals surface area contributed by atoms with Crippen LogP contribution >= 0.6 is 0 Å². The molecule has 0 saturated heterocycles. The van der Waals surface area contributed by atoms with Crippen LogP contribution in [0.15, 0.2) is 23.1 Å². The van der Waals surface area contributed by atoms with Gasteiger partial charge in [0.25, 0.3) is 0 Å². The van der Waals surface area contributed by atoms with Crippen molar-refractivity contribution in [2.24, 2.45) is 11.1 Å². The first-order chi connectivity index (χ1) is 9.40. The molecule has 2 unspecified atom stereocenters. The van der Waals surface area contributed by atoms with E-state index in [9.17, 15) is 8.42 Å². The molecule has 1 aromatic carbocycles. The summed E-state index contributed by atoms with van der Waals surface area (Å²) in [5.74, 6) is 1.48. The summed E-state index contributed by atoms with van der Waals surface area (Å²) in [6.45, 7) is 3.96. The third-order valence-corrected chi connectivity index (χ3v) is 5.14. The molecule has 1 fully saturated rings. The van der Waals surface area contributed by atoms with E-state index in [1.54, 1.807) is 19.1 Å². The number of hydrogen-bond donors (Lipinski definition) is 1. The van der Waals surface area contributed by atoms with E-state index in [-0.39, 0.29) is 11.0 Å². The third kappa shape index (κ3) is 3.73. The molecule has 2 atom stereocenters. The number of rotatable bonds is 4. The molecule has 0 bridgehead atoms. The summed E-state index contributed by atoms with van der Waals surface area (Å²) < 4.78 is 28.7. The number of benzene rings is 1. The zero-order chi connectivity index (χ0) is 14.8. The minimum absolute atomic E-state index is 0.167. The molecule has 0 spiro atoms. The van der Waals surface area contributed by atoms with Gasteiger partial charge < -0.3 is 4.74 Å². The Bertz CT molecular complexity index is 568. The summed E-state index contributed by atoms with van der Waals surface area (Å²) >= 11 is 0. The Morgan fingerprint density at radius 2 is 2.10 bits per heavy atom. The molecule has 112 valence electrons. The normalized spacial score (nSPS) is 23.6. The SMILES string of the molecule is CCC1CCCC(Oc2ccc(S(N)(=O)=O)c(C)c2)C1. The van der Waals surface area contributed by atoms with Crippen molar-refractivity contribution < 1.29 is 13.2 Å². The van der Waals surface area contributed by atoms with Crippen molar-refractivity contribution in [2.75, 3.05) is 0 Å². The lowest BCUT2D eigenvalue weighted by Crippen LogP contribution is -2.25. The van der Waals surface area contributed by atoms with Crippen molar-refractivity contribution in [2.45, 2.75) is 57.0 Å². The van der Waals surface area contributed by atoms with Crippen LogP contribution < -0.4 is 9.88 Å². The molecule has 0 radical (unpaired) electrons. The second-order valence-corrected chi connectivity index (χ2v) is 7.18. The molecule has 0 heterocycles. The van der Waals surface area contributed by atoms with E-state index in [0.29, 0.717) is 5.56 Å². The lowest BCUT2D eigenvalue weighted by Gasteiger charge is -2.29. The van der Waals surface area contributed by atoms with Crippen molar-refractivity contribution in [3.8, 4) is 5.75 Å². The Morgan fingerprint density at radius 1 is 1.35 bits per heavy atom. The van der Waals surface area contributed by atoms with E-state index in [4.69, 9.17) is 9.88 Å². The first-order valence-corrected chi connectivity index (χ1v) is 8.75. The summed E-state index contributed by atoms with van der Waals surface area (Å²) in [6, 6.07) is 4.98. The van der Waals surface area contributed by atoms with Crippen LogP contribution in [-0.2, 0) is 10.0 Å². The van der Waals surface area contributed by atoms with Crippen LogP contribution in [0.1, 0.15) is 44.6 Å². The van der Waals surface area contributed by atoms with E-state index in [1.165, 1.54) is 25.3 Å². The van der Waals surface area contributed by atoms with Crippen molar-refractivity contribution in [1.29, 1.82) is 0 Å². The van der Waals surface area contributed by atoms with Gasteiger partial charge in [-0.15, -0.1) is 0 Å². The minimum Gasteiger partial charge on any atom is -0.490 e. The maximum absolute atomic E-state index is 11.4. The Hall–Kier alpha value is -1.07. The molecular formula is C15H23NO3S. The third-order valence-electron chi connectivity index (χ3n) is 4.07. The van der Waals surface area contributed by atoms with Gasteiger partial charge in [-0.2, -0.15) is 0 Å². The molecule has 0 aromatic heterocycles. The van der Waals surface area contributed by atoms with Gasteiger partial charge in [0.2, 0.25) is 10.0 Å². The molecule has 1 saturated carbocycles. The van der Waals surface area contributed by atoms with Gasteiger partial charge in [-0.1, -0.05) is 19.8 Å². The number of primary sulfonamides is 1. The molecule has 0 aliphatic heterocycles. The largest absolute Gasteiger partial charge is 0.490 e. The Balaban J connectivity index is 2.09. The summed E-state index contributed by atoms with van der Waals surface area (Å²) in [5, 5.41) is 5.16. The highest BCUT2D eigenvalue weighted by Gasteiger charge is 2.22. The minimum atomic E-state index is -3.65. The molecule has 2 rings (SSSR count). The van der Waals surface area contributed by atoms with Crippen LogP contribution in [0.5, 0.6) is 5.75 Å². The molecule has 4 nitrogen and oxygen atoms in total. The Labute approximate surface area is 121 Å². The van der Waals surface area contributed by atoms with E-state index < -0.39 is 10.0 Å². The predicted octanol–water partition coefficient (Wildman–Crippen LogP) is 2.99. The lowest BCUT2D eigenvalue weighted by atomic mass is 9.85. The molecule has 20 heavy (non-hydrogen) atoms. The average Bonchev–Trinajstić information content (AvgIpc) is 2.37. The standard InChI is InChI=1S/C15H23NO3S/c1-3-12-5-4-6-13(10-12)19-14-7-8-15(11(2)9-14)20(16,17)18/h7-9,12-13H,3-6,10H2,1-2H3,(H2,16,17,18). The van der Waals surface area contributed by atoms with Gasteiger partial charge in [0.05, 0.1) is 11.0 Å². The van der Waals surface area contributed by atoms with Crippen molar-refractivity contribution >= 4 is 10.0 Å².